The van der Waals surface area contributed by atoms with E-state index >= 15 is 0 Å². The Hall–Kier alpha value is -2.95. The van der Waals surface area contributed by atoms with Crippen LogP contribution in [0.5, 0.6) is 0 Å². The number of pyridine rings is 1. The van der Waals surface area contributed by atoms with Gasteiger partial charge in [-0.05, 0) is 47.7 Å². The first-order valence-electron chi connectivity index (χ1n) is 8.67. The van der Waals surface area contributed by atoms with Crippen LogP contribution in [0.1, 0.15) is 29.2 Å². The van der Waals surface area contributed by atoms with Crippen molar-refractivity contribution in [3.8, 4) is 0 Å². The van der Waals surface area contributed by atoms with Gasteiger partial charge in [-0.1, -0.05) is 24.3 Å². The molecule has 0 N–H and O–H groups in total. The standard InChI is InChI=1S/C21H19FN2O2/c22-20-8-2-1-7-17(20)18-11-19(18)21(25)24(14-16-6-4-10-26-16)13-15-5-3-9-23-12-15/h1-10,12,18-19H,11,13-14H2. The SMILES string of the molecule is O=C(C1CC1c1ccccc1F)N(Cc1cccnc1)Cc1ccco1. The van der Waals surface area contributed by atoms with Crippen molar-refractivity contribution in [1.29, 1.82) is 0 Å². The van der Waals surface area contributed by atoms with Crippen LogP contribution in [0.3, 0.4) is 0 Å². The van der Waals surface area contributed by atoms with Gasteiger partial charge in [0.05, 0.1) is 12.8 Å². The zero-order valence-corrected chi connectivity index (χ0v) is 14.2. The molecule has 5 heteroatoms. The summed E-state index contributed by atoms with van der Waals surface area (Å²) in [6.07, 6.45) is 5.74. The van der Waals surface area contributed by atoms with Crippen molar-refractivity contribution in [2.75, 3.05) is 0 Å². The minimum atomic E-state index is -0.238. The Morgan fingerprint density at radius 1 is 1.15 bits per heavy atom. The van der Waals surface area contributed by atoms with Crippen molar-refractivity contribution in [3.05, 3.63) is 89.9 Å². The molecule has 3 aromatic rings. The molecule has 1 aliphatic rings. The van der Waals surface area contributed by atoms with Crippen LogP contribution in [0.15, 0.2) is 71.6 Å². The molecule has 0 radical (unpaired) electrons. The summed E-state index contributed by atoms with van der Waals surface area (Å²) in [6, 6.07) is 14.2. The fraction of sp³-hybridized carbons (Fsp3) is 0.238. The first-order chi connectivity index (χ1) is 12.7. The van der Waals surface area contributed by atoms with Crippen molar-refractivity contribution in [1.82, 2.24) is 9.88 Å². The van der Waals surface area contributed by atoms with Crippen molar-refractivity contribution in [2.45, 2.75) is 25.4 Å². The van der Waals surface area contributed by atoms with Gasteiger partial charge < -0.3 is 9.32 Å². The van der Waals surface area contributed by atoms with E-state index in [1.807, 2.05) is 24.3 Å². The van der Waals surface area contributed by atoms with Gasteiger partial charge >= 0.3 is 0 Å². The quantitative estimate of drug-likeness (QED) is 0.671. The summed E-state index contributed by atoms with van der Waals surface area (Å²) in [4.78, 5) is 19.0. The lowest BCUT2D eigenvalue weighted by Crippen LogP contribution is -2.31. The lowest BCUT2D eigenvalue weighted by Gasteiger charge is -2.22. The maximum Gasteiger partial charge on any atom is 0.227 e. The van der Waals surface area contributed by atoms with Gasteiger partial charge in [-0.2, -0.15) is 0 Å². The van der Waals surface area contributed by atoms with Crippen LogP contribution in [0.4, 0.5) is 4.39 Å². The molecule has 1 amide bonds. The Morgan fingerprint density at radius 2 is 2.04 bits per heavy atom. The van der Waals surface area contributed by atoms with Gasteiger partial charge in [0.15, 0.2) is 0 Å². The number of nitrogens with zero attached hydrogens (tertiary/aromatic N) is 2. The molecule has 0 spiro atoms. The van der Waals surface area contributed by atoms with E-state index in [0.717, 1.165) is 11.3 Å². The Labute approximate surface area is 151 Å². The molecule has 2 aromatic heterocycles. The summed E-state index contributed by atoms with van der Waals surface area (Å²) in [5.41, 5.74) is 1.58. The highest BCUT2D eigenvalue weighted by Gasteiger charge is 2.46. The molecule has 2 unspecified atom stereocenters. The van der Waals surface area contributed by atoms with Crippen LogP contribution in [-0.4, -0.2) is 15.8 Å². The molecule has 4 nitrogen and oxygen atoms in total. The van der Waals surface area contributed by atoms with Crippen LogP contribution in [0, 0.1) is 11.7 Å². The third-order valence-electron chi connectivity index (χ3n) is 4.75. The number of carbonyl (C=O) groups is 1. The predicted octanol–water partition coefficient (Wildman–Crippen LogP) is 4.15. The molecule has 0 aliphatic heterocycles. The second kappa shape index (κ2) is 7.12. The molecule has 26 heavy (non-hydrogen) atoms. The summed E-state index contributed by atoms with van der Waals surface area (Å²) in [6.45, 7) is 0.842. The fourth-order valence-corrected chi connectivity index (χ4v) is 3.34. The zero-order valence-electron chi connectivity index (χ0n) is 14.2. The smallest absolute Gasteiger partial charge is 0.227 e. The van der Waals surface area contributed by atoms with E-state index in [-0.39, 0.29) is 23.6 Å². The predicted molar refractivity (Wildman–Crippen MR) is 94.4 cm³/mol. The highest BCUT2D eigenvalue weighted by molar-refractivity contribution is 5.83. The van der Waals surface area contributed by atoms with Crippen molar-refractivity contribution < 1.29 is 13.6 Å². The van der Waals surface area contributed by atoms with Gasteiger partial charge in [0.25, 0.3) is 0 Å². The van der Waals surface area contributed by atoms with Crippen LogP contribution in [0.2, 0.25) is 0 Å². The highest BCUT2D eigenvalue weighted by atomic mass is 19.1. The van der Waals surface area contributed by atoms with Gasteiger partial charge in [-0.3, -0.25) is 9.78 Å². The van der Waals surface area contributed by atoms with Crippen molar-refractivity contribution >= 4 is 5.91 Å². The first kappa shape index (κ1) is 16.5. The topological polar surface area (TPSA) is 46.3 Å². The fourth-order valence-electron chi connectivity index (χ4n) is 3.34. The molecule has 0 bridgehead atoms. The second-order valence-electron chi connectivity index (χ2n) is 6.61. The molecule has 0 saturated heterocycles. The number of carbonyl (C=O) groups excluding carboxylic acids is 1. The number of amides is 1. The maximum atomic E-state index is 14.0. The van der Waals surface area contributed by atoms with Crippen molar-refractivity contribution in [3.63, 3.8) is 0 Å². The van der Waals surface area contributed by atoms with Crippen LogP contribution >= 0.6 is 0 Å². The normalized spacial score (nSPS) is 18.5. The second-order valence-corrected chi connectivity index (χ2v) is 6.61. The van der Waals surface area contributed by atoms with Crippen LogP contribution in [0.25, 0.3) is 0 Å². The summed E-state index contributed by atoms with van der Waals surface area (Å²) in [5, 5.41) is 0. The summed E-state index contributed by atoms with van der Waals surface area (Å²) >= 11 is 0. The molecule has 2 heterocycles. The van der Waals surface area contributed by atoms with E-state index in [1.165, 1.54) is 6.07 Å². The third kappa shape index (κ3) is 3.52. The van der Waals surface area contributed by atoms with Crippen LogP contribution in [-0.2, 0) is 17.9 Å². The third-order valence-corrected chi connectivity index (χ3v) is 4.75. The average molecular weight is 350 g/mol. The minimum Gasteiger partial charge on any atom is -0.467 e. The number of benzene rings is 1. The maximum absolute atomic E-state index is 14.0. The average Bonchev–Trinajstić information content (AvgIpc) is 3.29. The summed E-state index contributed by atoms with van der Waals surface area (Å²) < 4.78 is 19.4. The summed E-state index contributed by atoms with van der Waals surface area (Å²) in [5.74, 6) is 0.289. The van der Waals surface area contributed by atoms with E-state index < -0.39 is 0 Å². The number of hydrogen-bond donors (Lipinski definition) is 0. The number of aromatic nitrogens is 1. The number of rotatable bonds is 6. The zero-order chi connectivity index (χ0) is 17.9. The molecule has 1 aromatic carbocycles. The Bertz CT molecular complexity index is 880. The molecular formula is C21H19FN2O2. The molecule has 4 rings (SSSR count). The number of furan rings is 1. The van der Waals surface area contributed by atoms with Gasteiger partial charge in [0, 0.05) is 24.9 Å². The lowest BCUT2D eigenvalue weighted by atomic mass is 10.1. The van der Waals surface area contributed by atoms with Gasteiger partial charge in [0.2, 0.25) is 5.91 Å². The van der Waals surface area contributed by atoms with E-state index in [0.29, 0.717) is 25.1 Å². The number of halogens is 1. The molecule has 1 saturated carbocycles. The molecule has 2 atom stereocenters. The number of hydrogen-bond acceptors (Lipinski definition) is 3. The highest BCUT2D eigenvalue weighted by Crippen LogP contribution is 2.49. The minimum absolute atomic E-state index is 0.0264. The van der Waals surface area contributed by atoms with Crippen molar-refractivity contribution in [2.24, 2.45) is 5.92 Å². The largest absolute Gasteiger partial charge is 0.467 e. The van der Waals surface area contributed by atoms with E-state index in [4.69, 9.17) is 4.42 Å². The molecular weight excluding hydrogens is 331 g/mol. The van der Waals surface area contributed by atoms with Gasteiger partial charge in [0.1, 0.15) is 11.6 Å². The van der Waals surface area contributed by atoms with Crippen LogP contribution < -0.4 is 0 Å². The molecule has 1 aliphatic carbocycles. The Morgan fingerprint density at radius 3 is 2.77 bits per heavy atom. The monoisotopic (exact) mass is 350 g/mol. The Balaban J connectivity index is 1.52. The van der Waals surface area contributed by atoms with Gasteiger partial charge in [-0.15, -0.1) is 0 Å². The van der Waals surface area contributed by atoms with E-state index in [1.54, 1.807) is 41.8 Å². The Kier molecular flexibility index (Phi) is 4.52. The molecule has 1 fully saturated rings. The lowest BCUT2D eigenvalue weighted by molar-refractivity contribution is -0.134. The summed E-state index contributed by atoms with van der Waals surface area (Å²) in [7, 11) is 0. The first-order valence-corrected chi connectivity index (χ1v) is 8.67. The van der Waals surface area contributed by atoms with E-state index in [9.17, 15) is 9.18 Å². The van der Waals surface area contributed by atoms with E-state index in [2.05, 4.69) is 4.98 Å². The van der Waals surface area contributed by atoms with Gasteiger partial charge in [-0.25, -0.2) is 4.39 Å². The molecule has 132 valence electrons.